The number of nitrogens with zero attached hydrogens (tertiary/aromatic N) is 2. The number of benzene rings is 2. The topological polar surface area (TPSA) is 142 Å². The second-order valence-corrected chi connectivity index (χ2v) is 12.2. The van der Waals surface area contributed by atoms with E-state index in [2.05, 4.69) is 0 Å². The van der Waals surface area contributed by atoms with Crippen LogP contribution in [-0.2, 0) is 26.8 Å². The molecule has 13 heteroatoms. The molecule has 2 aromatic rings. The van der Waals surface area contributed by atoms with Crippen LogP contribution in [0.4, 0.5) is 18.9 Å². The van der Waals surface area contributed by atoms with Crippen LogP contribution in [-0.4, -0.2) is 52.9 Å². The molecule has 1 saturated heterocycles. The number of rotatable bonds is 5. The minimum Gasteiger partial charge on any atom is -0.412 e. The smallest absolute Gasteiger partial charge is 0.412 e. The van der Waals surface area contributed by atoms with Crippen molar-refractivity contribution < 1.29 is 37.9 Å². The maximum Gasteiger partial charge on any atom is 0.417 e. The van der Waals surface area contributed by atoms with Crippen LogP contribution in [0.15, 0.2) is 58.3 Å². The zero-order chi connectivity index (χ0) is 26.0. The second-order valence-electron chi connectivity index (χ2n) is 8.66. The van der Waals surface area contributed by atoms with E-state index in [0.717, 1.165) is 25.0 Å². The molecule has 1 saturated carbocycles. The molecule has 0 radical (unpaired) electrons. The monoisotopic (exact) mass is 549 g/mol. The molecule has 1 aliphatic carbocycles. The molecule has 0 aromatic heterocycles. The molecule has 3 atom stereocenters. The lowest BCUT2D eigenvalue weighted by Crippen LogP contribution is -2.30. The van der Waals surface area contributed by atoms with Gasteiger partial charge in [0.15, 0.2) is 9.84 Å². The molecule has 0 amide bonds. The quantitative estimate of drug-likeness (QED) is 0.545. The summed E-state index contributed by atoms with van der Waals surface area (Å²) >= 11 is 0. The predicted molar refractivity (Wildman–Crippen MR) is 131 cm³/mol. The van der Waals surface area contributed by atoms with Gasteiger partial charge in [0.05, 0.1) is 21.8 Å². The van der Waals surface area contributed by atoms with Crippen LogP contribution in [0.2, 0.25) is 0 Å². The highest BCUT2D eigenvalue weighted by Crippen LogP contribution is 2.38. The largest absolute Gasteiger partial charge is 0.417 e. The van der Waals surface area contributed by atoms with Gasteiger partial charge in [0.1, 0.15) is 5.54 Å². The molecule has 2 fully saturated rings. The predicted octanol–water partition coefficient (Wildman–Crippen LogP) is 3.33. The lowest BCUT2D eigenvalue weighted by molar-refractivity contribution is -0.139. The first kappa shape index (κ1) is 29.7. The van der Waals surface area contributed by atoms with E-state index < -0.39 is 48.1 Å². The Balaban J connectivity index is 0.000000660. The Hall–Kier alpha value is -2.50. The van der Waals surface area contributed by atoms with E-state index in [1.54, 1.807) is 30.5 Å². The summed E-state index contributed by atoms with van der Waals surface area (Å²) in [6.45, 7) is 1.91. The number of nitriles is 1. The van der Waals surface area contributed by atoms with Crippen LogP contribution in [0.25, 0.3) is 0 Å². The normalized spacial score (nSPS) is 21.4. The number of nitrogens with one attached hydrogen (secondary N) is 1. The third kappa shape index (κ3) is 6.43. The Morgan fingerprint density at radius 3 is 2.36 bits per heavy atom. The van der Waals surface area contributed by atoms with Crippen molar-refractivity contribution in [2.24, 2.45) is 0 Å². The van der Waals surface area contributed by atoms with Gasteiger partial charge >= 0.3 is 6.18 Å². The molecular weight excluding hydrogens is 519 g/mol. The number of sulfone groups is 1. The van der Waals surface area contributed by atoms with Crippen LogP contribution in [0.5, 0.6) is 0 Å². The number of anilines is 1. The third-order valence-corrected chi connectivity index (χ3v) is 9.24. The fourth-order valence-corrected chi connectivity index (χ4v) is 6.47. The van der Waals surface area contributed by atoms with E-state index in [1.807, 2.05) is 23.4 Å². The molecule has 36 heavy (non-hydrogen) atoms. The Morgan fingerprint density at radius 1 is 1.22 bits per heavy atom. The molecule has 200 valence electrons. The minimum absolute atomic E-state index is 0. The number of hydrogen-bond donors (Lipinski definition) is 2. The van der Waals surface area contributed by atoms with E-state index in [1.165, 1.54) is 12.1 Å². The zero-order valence-electron chi connectivity index (χ0n) is 19.6. The summed E-state index contributed by atoms with van der Waals surface area (Å²) in [6, 6.07) is 13.0. The van der Waals surface area contributed by atoms with Crippen LogP contribution in [0.3, 0.4) is 0 Å². The Morgan fingerprint density at radius 2 is 1.86 bits per heavy atom. The van der Waals surface area contributed by atoms with Crippen molar-refractivity contribution in [3.05, 3.63) is 54.1 Å². The van der Waals surface area contributed by atoms with Crippen molar-refractivity contribution in [1.82, 2.24) is 5.48 Å². The number of hydroxylamine groups is 1. The van der Waals surface area contributed by atoms with Crippen LogP contribution in [0, 0.1) is 11.3 Å². The van der Waals surface area contributed by atoms with E-state index >= 15 is 0 Å². The first-order chi connectivity index (χ1) is 16.3. The van der Waals surface area contributed by atoms with Gasteiger partial charge in [0.2, 0.25) is 0 Å². The summed E-state index contributed by atoms with van der Waals surface area (Å²) in [5.41, 5.74) is 0.961. The van der Waals surface area contributed by atoms with Crippen molar-refractivity contribution in [2.45, 2.75) is 59.0 Å². The fourth-order valence-electron chi connectivity index (χ4n) is 3.91. The summed E-state index contributed by atoms with van der Waals surface area (Å²) in [5.74, 6) is 0. The average molecular weight is 550 g/mol. The lowest BCUT2D eigenvalue weighted by atomic mass is 10.2. The molecule has 4 rings (SSSR count). The van der Waals surface area contributed by atoms with Crippen LogP contribution < -0.4 is 10.4 Å². The molecular formula is C23H30F3N3O5S2. The standard InChI is InChI=1S/C19H20F3NO3S2.C4H6N2O.H2O.H2/c1-13-10-16(12-23(13)14-6-5-7-15(11-14)27(2)24)28(25,26)18-9-4-3-8-17(18)19(20,21)22;5-3-4(6-7)1-2-4;;/h3-9,11,13,16H,10,12H2,1-2H3;6-7H,1-2H2;1H2;1H/t13-,16-,27?;;;/m1.../s1. The first-order valence-electron chi connectivity index (χ1n) is 10.8. The Labute approximate surface area is 211 Å². The molecule has 2 aliphatic rings. The van der Waals surface area contributed by atoms with Crippen molar-refractivity contribution >= 4 is 26.3 Å². The van der Waals surface area contributed by atoms with Gasteiger partial charge in [-0.05, 0) is 56.5 Å². The van der Waals surface area contributed by atoms with Gasteiger partial charge in [-0.25, -0.2) is 8.42 Å². The summed E-state index contributed by atoms with van der Waals surface area (Å²) in [4.78, 5) is 1.78. The van der Waals surface area contributed by atoms with Crippen molar-refractivity contribution in [2.75, 3.05) is 17.7 Å². The highest BCUT2D eigenvalue weighted by Gasteiger charge is 2.44. The minimum atomic E-state index is -4.74. The number of hydrogen-bond acceptors (Lipinski definition) is 7. The molecule has 8 nitrogen and oxygen atoms in total. The highest BCUT2D eigenvalue weighted by molar-refractivity contribution is 7.92. The van der Waals surface area contributed by atoms with E-state index in [9.17, 15) is 25.8 Å². The van der Waals surface area contributed by atoms with E-state index in [4.69, 9.17) is 10.5 Å². The molecule has 1 unspecified atom stereocenters. The van der Waals surface area contributed by atoms with Gasteiger partial charge < -0.3 is 15.6 Å². The Kier molecular flexibility index (Phi) is 9.30. The molecule has 4 N–H and O–H groups in total. The first-order valence-corrected chi connectivity index (χ1v) is 13.9. The summed E-state index contributed by atoms with van der Waals surface area (Å²) in [6.07, 6.45) is -1.42. The second kappa shape index (κ2) is 11.3. The van der Waals surface area contributed by atoms with Gasteiger partial charge in [0.25, 0.3) is 0 Å². The van der Waals surface area contributed by atoms with Crippen molar-refractivity contribution in [3.8, 4) is 6.07 Å². The highest BCUT2D eigenvalue weighted by atomic mass is 32.2. The Bertz CT molecular complexity index is 1250. The summed E-state index contributed by atoms with van der Waals surface area (Å²) in [5, 5.41) is 15.4. The fraction of sp³-hybridized carbons (Fsp3) is 0.435. The molecule has 2 aromatic carbocycles. The lowest BCUT2D eigenvalue weighted by Gasteiger charge is -2.24. The zero-order valence-corrected chi connectivity index (χ0v) is 21.3. The van der Waals surface area contributed by atoms with E-state index in [0.29, 0.717) is 10.6 Å². The van der Waals surface area contributed by atoms with Crippen molar-refractivity contribution in [1.29, 1.82) is 5.26 Å². The molecule has 0 spiro atoms. The van der Waals surface area contributed by atoms with Gasteiger partial charge in [-0.1, -0.05) is 18.2 Å². The number of alkyl halides is 3. The van der Waals surface area contributed by atoms with Crippen molar-refractivity contribution in [3.63, 3.8) is 0 Å². The molecule has 1 aliphatic heterocycles. The van der Waals surface area contributed by atoms with Gasteiger partial charge in [-0.2, -0.15) is 23.9 Å². The van der Waals surface area contributed by atoms with Gasteiger partial charge in [-0.3, -0.25) is 4.21 Å². The number of halogens is 3. The van der Waals surface area contributed by atoms with E-state index in [-0.39, 0.29) is 25.9 Å². The van der Waals surface area contributed by atoms with Crippen LogP contribution >= 0.6 is 0 Å². The summed E-state index contributed by atoms with van der Waals surface area (Å²) < 4.78 is 77.7. The SMILES string of the molecule is C[C@@H]1C[C@@H](S(=O)(=O)c2ccccc2C(F)(F)F)CN1c1cccc(S(C)=O)c1.N#CC1(NO)CC1.O.[HH]. The molecule has 1 heterocycles. The van der Waals surface area contributed by atoms with Gasteiger partial charge in [0, 0.05) is 41.7 Å². The maximum absolute atomic E-state index is 13.3. The third-order valence-electron chi connectivity index (χ3n) is 6.13. The average Bonchev–Trinajstić information content (AvgIpc) is 3.52. The maximum atomic E-state index is 13.3. The van der Waals surface area contributed by atoms with Gasteiger partial charge in [-0.15, -0.1) is 0 Å². The summed E-state index contributed by atoms with van der Waals surface area (Å²) in [7, 11) is -5.36. The molecule has 0 bridgehead atoms. The van der Waals surface area contributed by atoms with Crippen LogP contribution in [0.1, 0.15) is 33.2 Å².